The lowest BCUT2D eigenvalue weighted by atomic mass is 10.1. The summed E-state index contributed by atoms with van der Waals surface area (Å²) in [5.74, 6) is -0.608. The number of benzene rings is 2. The Bertz CT molecular complexity index is 649. The molecule has 1 atom stereocenters. The highest BCUT2D eigenvalue weighted by molar-refractivity contribution is 8.00. The van der Waals surface area contributed by atoms with Gasteiger partial charge in [-0.15, -0.1) is 11.8 Å². The number of ether oxygens (including phenoxy) is 1. The molecule has 0 saturated carbocycles. The molecule has 0 aliphatic heterocycles. The molecule has 0 aliphatic rings. The molecule has 1 amide bonds. The SMILES string of the molecule is CO[C@H](CNC(=O)CSc1ccc(F)cc1)c1cccc(F)c1. The first-order chi connectivity index (χ1) is 11.1. The number of hydrogen-bond acceptors (Lipinski definition) is 3. The van der Waals surface area contributed by atoms with E-state index in [0.29, 0.717) is 5.56 Å². The lowest BCUT2D eigenvalue weighted by molar-refractivity contribution is -0.119. The lowest BCUT2D eigenvalue weighted by Crippen LogP contribution is -2.30. The minimum atomic E-state index is -0.412. The van der Waals surface area contributed by atoms with Gasteiger partial charge in [-0.1, -0.05) is 12.1 Å². The summed E-state index contributed by atoms with van der Waals surface area (Å²) in [6.07, 6.45) is -0.412. The van der Waals surface area contributed by atoms with Crippen molar-refractivity contribution in [2.75, 3.05) is 19.4 Å². The normalized spacial score (nSPS) is 12.0. The van der Waals surface area contributed by atoms with E-state index in [9.17, 15) is 13.6 Å². The number of methoxy groups -OCH3 is 1. The summed E-state index contributed by atoms with van der Waals surface area (Å²) in [5, 5.41) is 2.75. The molecule has 0 aromatic heterocycles. The number of rotatable bonds is 7. The Morgan fingerprint density at radius 1 is 1.17 bits per heavy atom. The maximum Gasteiger partial charge on any atom is 0.230 e. The molecule has 0 saturated heterocycles. The monoisotopic (exact) mass is 337 g/mol. The van der Waals surface area contributed by atoms with E-state index in [1.165, 1.54) is 43.1 Å². The molecular weight excluding hydrogens is 320 g/mol. The van der Waals surface area contributed by atoms with Gasteiger partial charge in [0.25, 0.3) is 0 Å². The second kappa shape index (κ2) is 8.64. The zero-order valence-corrected chi connectivity index (χ0v) is 13.4. The van der Waals surface area contributed by atoms with E-state index in [1.807, 2.05) is 0 Å². The highest BCUT2D eigenvalue weighted by atomic mass is 32.2. The van der Waals surface area contributed by atoms with E-state index in [1.54, 1.807) is 24.3 Å². The summed E-state index contributed by atoms with van der Waals surface area (Å²) >= 11 is 1.32. The minimum absolute atomic E-state index is 0.169. The number of amides is 1. The van der Waals surface area contributed by atoms with Crippen molar-refractivity contribution in [2.45, 2.75) is 11.0 Å². The van der Waals surface area contributed by atoms with E-state index in [0.717, 1.165) is 4.90 Å². The van der Waals surface area contributed by atoms with Crippen molar-refractivity contribution in [3.8, 4) is 0 Å². The fourth-order valence-electron chi connectivity index (χ4n) is 1.98. The van der Waals surface area contributed by atoms with Crippen LogP contribution in [0.4, 0.5) is 8.78 Å². The van der Waals surface area contributed by atoms with Crippen molar-refractivity contribution in [3.63, 3.8) is 0 Å². The highest BCUT2D eigenvalue weighted by Crippen LogP contribution is 2.19. The number of thioether (sulfide) groups is 1. The van der Waals surface area contributed by atoms with Crippen LogP contribution in [0.25, 0.3) is 0 Å². The van der Waals surface area contributed by atoms with Gasteiger partial charge in [0, 0.05) is 18.6 Å². The van der Waals surface area contributed by atoms with E-state index < -0.39 is 6.10 Å². The van der Waals surface area contributed by atoms with Gasteiger partial charge in [0.15, 0.2) is 0 Å². The summed E-state index contributed by atoms with van der Waals surface area (Å²) in [6.45, 7) is 0.253. The van der Waals surface area contributed by atoms with Crippen molar-refractivity contribution in [3.05, 3.63) is 65.7 Å². The Morgan fingerprint density at radius 2 is 1.91 bits per heavy atom. The average Bonchev–Trinajstić information content (AvgIpc) is 2.55. The smallest absolute Gasteiger partial charge is 0.230 e. The van der Waals surface area contributed by atoms with E-state index in [4.69, 9.17) is 4.74 Å². The third-order valence-corrected chi connectivity index (χ3v) is 4.19. The topological polar surface area (TPSA) is 38.3 Å². The van der Waals surface area contributed by atoms with Gasteiger partial charge in [-0.3, -0.25) is 4.79 Å². The van der Waals surface area contributed by atoms with Gasteiger partial charge in [0.2, 0.25) is 5.91 Å². The van der Waals surface area contributed by atoms with Crippen LogP contribution >= 0.6 is 11.8 Å². The minimum Gasteiger partial charge on any atom is -0.375 e. The van der Waals surface area contributed by atoms with Gasteiger partial charge in [0.1, 0.15) is 11.6 Å². The van der Waals surface area contributed by atoms with Gasteiger partial charge >= 0.3 is 0 Å². The number of carbonyl (C=O) groups excluding carboxylic acids is 1. The predicted molar refractivity (Wildman–Crippen MR) is 86.3 cm³/mol. The van der Waals surface area contributed by atoms with Crippen LogP contribution in [0.5, 0.6) is 0 Å². The van der Waals surface area contributed by atoms with Crippen molar-refractivity contribution < 1.29 is 18.3 Å². The van der Waals surface area contributed by atoms with Crippen molar-refractivity contribution in [1.82, 2.24) is 5.32 Å². The number of carbonyl (C=O) groups is 1. The molecule has 6 heteroatoms. The molecule has 0 spiro atoms. The van der Waals surface area contributed by atoms with Gasteiger partial charge in [0.05, 0.1) is 11.9 Å². The van der Waals surface area contributed by atoms with Crippen molar-refractivity contribution in [2.24, 2.45) is 0 Å². The molecule has 2 aromatic rings. The summed E-state index contributed by atoms with van der Waals surface area (Å²) in [7, 11) is 1.51. The molecule has 3 nitrogen and oxygen atoms in total. The zero-order valence-electron chi connectivity index (χ0n) is 12.6. The molecule has 0 heterocycles. The molecule has 0 bridgehead atoms. The molecule has 0 aliphatic carbocycles. The molecule has 122 valence electrons. The van der Waals surface area contributed by atoms with Crippen LogP contribution in [0.1, 0.15) is 11.7 Å². The Labute approximate surface area is 138 Å². The van der Waals surface area contributed by atoms with E-state index >= 15 is 0 Å². The summed E-state index contributed by atoms with van der Waals surface area (Å²) in [5.41, 5.74) is 0.666. The van der Waals surface area contributed by atoms with Crippen LogP contribution in [-0.2, 0) is 9.53 Å². The molecule has 23 heavy (non-hydrogen) atoms. The van der Waals surface area contributed by atoms with Crippen molar-refractivity contribution in [1.29, 1.82) is 0 Å². The molecule has 2 aromatic carbocycles. The van der Waals surface area contributed by atoms with Gasteiger partial charge in [-0.2, -0.15) is 0 Å². The summed E-state index contributed by atoms with van der Waals surface area (Å²) in [6, 6.07) is 12.0. The lowest BCUT2D eigenvalue weighted by Gasteiger charge is -2.16. The molecule has 1 N–H and O–H groups in total. The fourth-order valence-corrected chi connectivity index (χ4v) is 2.71. The first kappa shape index (κ1) is 17.4. The van der Waals surface area contributed by atoms with Crippen LogP contribution in [0.3, 0.4) is 0 Å². The van der Waals surface area contributed by atoms with Gasteiger partial charge in [-0.05, 0) is 42.0 Å². The number of nitrogens with one attached hydrogen (secondary N) is 1. The predicted octanol–water partition coefficient (Wildman–Crippen LogP) is 3.56. The average molecular weight is 337 g/mol. The fraction of sp³-hybridized carbons (Fsp3) is 0.235. The van der Waals surface area contributed by atoms with E-state index in [2.05, 4.69) is 5.32 Å². The van der Waals surface area contributed by atoms with Crippen molar-refractivity contribution >= 4 is 17.7 Å². The van der Waals surface area contributed by atoms with Crippen LogP contribution in [-0.4, -0.2) is 25.3 Å². The third-order valence-electron chi connectivity index (χ3n) is 3.17. The second-order valence-electron chi connectivity index (χ2n) is 4.83. The number of hydrogen-bond donors (Lipinski definition) is 1. The van der Waals surface area contributed by atoms with Gasteiger partial charge in [-0.25, -0.2) is 8.78 Å². The molecular formula is C17H17F2NO2S. The summed E-state index contributed by atoms with van der Waals surface area (Å²) in [4.78, 5) is 12.7. The van der Waals surface area contributed by atoms with Crippen LogP contribution in [0.15, 0.2) is 53.4 Å². The highest BCUT2D eigenvalue weighted by Gasteiger charge is 2.13. The largest absolute Gasteiger partial charge is 0.375 e. The van der Waals surface area contributed by atoms with Crippen LogP contribution < -0.4 is 5.32 Å². The van der Waals surface area contributed by atoms with Gasteiger partial charge < -0.3 is 10.1 Å². The molecule has 0 radical (unpaired) electrons. The summed E-state index contributed by atoms with van der Waals surface area (Å²) < 4.78 is 31.3. The maximum absolute atomic E-state index is 13.2. The Balaban J connectivity index is 1.81. The zero-order chi connectivity index (χ0) is 16.7. The van der Waals surface area contributed by atoms with E-state index in [-0.39, 0.29) is 29.8 Å². The molecule has 0 fully saturated rings. The Hall–Kier alpha value is -1.92. The first-order valence-corrected chi connectivity index (χ1v) is 8.00. The molecule has 2 rings (SSSR count). The molecule has 0 unspecified atom stereocenters. The Morgan fingerprint density at radius 3 is 2.57 bits per heavy atom. The van der Waals surface area contributed by atoms with Crippen LogP contribution in [0, 0.1) is 11.6 Å². The second-order valence-corrected chi connectivity index (χ2v) is 5.87. The quantitative estimate of drug-likeness (QED) is 0.785. The Kier molecular flexibility index (Phi) is 6.55. The first-order valence-electron chi connectivity index (χ1n) is 7.02. The standard InChI is InChI=1S/C17H17F2NO2S/c1-22-16(12-3-2-4-14(19)9-12)10-20-17(21)11-23-15-7-5-13(18)6-8-15/h2-9,16H,10-11H2,1H3,(H,20,21)/t16-/m1/s1. The maximum atomic E-state index is 13.2. The van der Waals surface area contributed by atoms with Crippen LogP contribution in [0.2, 0.25) is 0 Å². The third kappa shape index (κ3) is 5.65. The number of halogens is 2.